The molecular weight excluding hydrogens is 287 g/mol. The Bertz CT molecular complexity index is 357. The Morgan fingerprint density at radius 1 is 1.38 bits per heavy atom. The zero-order chi connectivity index (χ0) is 12.3. The third-order valence-electron chi connectivity index (χ3n) is 2.52. The van der Waals surface area contributed by atoms with Crippen molar-refractivity contribution < 1.29 is 4.74 Å². The van der Waals surface area contributed by atoms with Crippen LogP contribution in [0.2, 0.25) is 0 Å². The maximum atomic E-state index is 5.86. The van der Waals surface area contributed by atoms with Crippen LogP contribution in [0, 0.1) is 5.41 Å². The van der Waals surface area contributed by atoms with Crippen molar-refractivity contribution in [3.63, 3.8) is 0 Å². The molecule has 0 aliphatic rings. The van der Waals surface area contributed by atoms with Crippen molar-refractivity contribution >= 4 is 27.5 Å². The van der Waals surface area contributed by atoms with Gasteiger partial charge in [0, 0.05) is 17.5 Å². The number of hydrogen-bond acceptors (Lipinski definition) is 1. The van der Waals surface area contributed by atoms with E-state index in [1.165, 1.54) is 0 Å². The number of rotatable bonds is 3. The summed E-state index contributed by atoms with van der Waals surface area (Å²) in [5, 5.41) is 0. The van der Waals surface area contributed by atoms with Crippen LogP contribution in [-0.2, 0) is 10.6 Å². The summed E-state index contributed by atoms with van der Waals surface area (Å²) >= 11 is 9.43. The van der Waals surface area contributed by atoms with Gasteiger partial charge in [0.1, 0.15) is 0 Å². The van der Waals surface area contributed by atoms with Crippen LogP contribution >= 0.6 is 27.5 Å². The molecule has 0 aliphatic heterocycles. The minimum absolute atomic E-state index is 0.0577. The van der Waals surface area contributed by atoms with Gasteiger partial charge in [0.2, 0.25) is 0 Å². The van der Waals surface area contributed by atoms with Crippen molar-refractivity contribution in [2.75, 3.05) is 7.11 Å². The van der Waals surface area contributed by atoms with Crippen molar-refractivity contribution in [1.82, 2.24) is 0 Å². The van der Waals surface area contributed by atoms with Gasteiger partial charge in [-0.25, -0.2) is 0 Å². The number of benzene rings is 1. The molecule has 0 saturated heterocycles. The highest BCUT2D eigenvalue weighted by molar-refractivity contribution is 9.10. The molecule has 0 aliphatic carbocycles. The molecule has 1 nitrogen and oxygen atoms in total. The van der Waals surface area contributed by atoms with Gasteiger partial charge in [-0.2, -0.15) is 0 Å². The van der Waals surface area contributed by atoms with Crippen LogP contribution < -0.4 is 0 Å². The average Bonchev–Trinajstić information content (AvgIpc) is 2.20. The molecule has 0 amide bonds. The summed E-state index contributed by atoms with van der Waals surface area (Å²) in [6, 6.07) is 6.16. The fraction of sp³-hybridized carbons (Fsp3) is 0.538. The van der Waals surface area contributed by atoms with E-state index in [4.69, 9.17) is 16.3 Å². The number of methoxy groups -OCH3 is 1. The third kappa shape index (κ3) is 3.22. The standard InChI is InChI=1S/C13H18BrClO/c1-13(2,3)12(16-4)10-7-9(8-15)5-6-11(10)14/h5-7,12H,8H2,1-4H3/t12-/m0/s1. The molecule has 1 atom stereocenters. The molecule has 0 spiro atoms. The highest BCUT2D eigenvalue weighted by Gasteiger charge is 2.27. The molecular formula is C13H18BrClO. The molecule has 1 rings (SSSR count). The monoisotopic (exact) mass is 304 g/mol. The van der Waals surface area contributed by atoms with E-state index in [1.54, 1.807) is 7.11 Å². The maximum Gasteiger partial charge on any atom is 0.0880 e. The van der Waals surface area contributed by atoms with Gasteiger partial charge < -0.3 is 4.74 Å². The molecule has 0 saturated carbocycles. The van der Waals surface area contributed by atoms with Crippen molar-refractivity contribution in [3.8, 4) is 0 Å². The Hall–Kier alpha value is -0.0500. The van der Waals surface area contributed by atoms with Gasteiger partial charge in [0.05, 0.1) is 6.10 Å². The second kappa shape index (κ2) is 5.52. The molecule has 0 bridgehead atoms. The molecule has 0 aromatic heterocycles. The molecule has 0 radical (unpaired) electrons. The first-order valence-electron chi connectivity index (χ1n) is 5.27. The van der Waals surface area contributed by atoms with Crippen molar-refractivity contribution in [2.24, 2.45) is 5.41 Å². The lowest BCUT2D eigenvalue weighted by atomic mass is 9.84. The number of alkyl halides is 1. The molecule has 16 heavy (non-hydrogen) atoms. The second-order valence-electron chi connectivity index (χ2n) is 4.97. The molecule has 0 fully saturated rings. The summed E-state index contributed by atoms with van der Waals surface area (Å²) in [6.45, 7) is 6.50. The van der Waals surface area contributed by atoms with Crippen LogP contribution in [0.1, 0.15) is 38.0 Å². The zero-order valence-electron chi connectivity index (χ0n) is 10.2. The van der Waals surface area contributed by atoms with Crippen LogP contribution in [0.5, 0.6) is 0 Å². The van der Waals surface area contributed by atoms with Crippen LogP contribution in [-0.4, -0.2) is 7.11 Å². The van der Waals surface area contributed by atoms with E-state index >= 15 is 0 Å². The maximum absolute atomic E-state index is 5.86. The van der Waals surface area contributed by atoms with Gasteiger partial charge in [0.15, 0.2) is 0 Å². The van der Waals surface area contributed by atoms with E-state index < -0.39 is 0 Å². The highest BCUT2D eigenvalue weighted by Crippen LogP contribution is 2.39. The quantitative estimate of drug-likeness (QED) is 0.720. The molecule has 0 heterocycles. The predicted molar refractivity (Wildman–Crippen MR) is 72.9 cm³/mol. The normalized spacial score (nSPS) is 13.9. The Labute approximate surface area is 111 Å². The molecule has 1 aromatic carbocycles. The van der Waals surface area contributed by atoms with E-state index in [1.807, 2.05) is 12.1 Å². The summed E-state index contributed by atoms with van der Waals surface area (Å²) in [6.07, 6.45) is 0.0602. The van der Waals surface area contributed by atoms with E-state index in [2.05, 4.69) is 42.8 Å². The number of hydrogen-bond donors (Lipinski definition) is 0. The summed E-state index contributed by atoms with van der Waals surface area (Å²) in [7, 11) is 1.75. The van der Waals surface area contributed by atoms with Crippen LogP contribution in [0.25, 0.3) is 0 Å². The van der Waals surface area contributed by atoms with E-state index in [-0.39, 0.29) is 11.5 Å². The van der Waals surface area contributed by atoms with Crippen LogP contribution in [0.3, 0.4) is 0 Å². The first-order chi connectivity index (χ1) is 7.40. The molecule has 0 unspecified atom stereocenters. The predicted octanol–water partition coefficient (Wildman–Crippen LogP) is 4.92. The highest BCUT2D eigenvalue weighted by atomic mass is 79.9. The Kier molecular flexibility index (Phi) is 4.84. The summed E-state index contributed by atoms with van der Waals surface area (Å²) in [4.78, 5) is 0. The minimum Gasteiger partial charge on any atom is -0.376 e. The van der Waals surface area contributed by atoms with E-state index in [0.717, 1.165) is 15.6 Å². The minimum atomic E-state index is 0.0577. The number of halogens is 2. The first kappa shape index (κ1) is 14.0. The van der Waals surface area contributed by atoms with E-state index in [9.17, 15) is 0 Å². The lowest BCUT2D eigenvalue weighted by molar-refractivity contribution is 0.0146. The first-order valence-corrected chi connectivity index (χ1v) is 6.60. The van der Waals surface area contributed by atoms with Crippen molar-refractivity contribution in [1.29, 1.82) is 0 Å². The smallest absolute Gasteiger partial charge is 0.0880 e. The lowest BCUT2D eigenvalue weighted by Crippen LogP contribution is -2.20. The lowest BCUT2D eigenvalue weighted by Gasteiger charge is -2.30. The SMILES string of the molecule is CO[C@@H](c1cc(CCl)ccc1Br)C(C)(C)C. The Balaban J connectivity index is 3.18. The number of ether oxygens (including phenoxy) is 1. The van der Waals surface area contributed by atoms with Gasteiger partial charge in [-0.1, -0.05) is 48.8 Å². The van der Waals surface area contributed by atoms with Crippen molar-refractivity contribution in [2.45, 2.75) is 32.8 Å². The Morgan fingerprint density at radius 2 is 2.00 bits per heavy atom. The van der Waals surface area contributed by atoms with Crippen LogP contribution in [0.15, 0.2) is 22.7 Å². The van der Waals surface area contributed by atoms with Gasteiger partial charge in [-0.3, -0.25) is 0 Å². The molecule has 1 aromatic rings. The topological polar surface area (TPSA) is 9.23 Å². The van der Waals surface area contributed by atoms with Gasteiger partial charge >= 0.3 is 0 Å². The zero-order valence-corrected chi connectivity index (χ0v) is 12.5. The molecule has 90 valence electrons. The van der Waals surface area contributed by atoms with Gasteiger partial charge in [-0.15, -0.1) is 11.6 Å². The summed E-state index contributed by atoms with van der Waals surface area (Å²) in [5.41, 5.74) is 2.33. The van der Waals surface area contributed by atoms with Gasteiger partial charge in [-0.05, 0) is 22.6 Å². The van der Waals surface area contributed by atoms with E-state index in [0.29, 0.717) is 5.88 Å². The summed E-state index contributed by atoms with van der Waals surface area (Å²) in [5.74, 6) is 0.529. The van der Waals surface area contributed by atoms with Gasteiger partial charge in [0.25, 0.3) is 0 Å². The van der Waals surface area contributed by atoms with Crippen molar-refractivity contribution in [3.05, 3.63) is 33.8 Å². The molecule has 0 N–H and O–H groups in total. The fourth-order valence-electron chi connectivity index (χ4n) is 1.82. The second-order valence-corrected chi connectivity index (χ2v) is 6.09. The third-order valence-corrected chi connectivity index (χ3v) is 3.55. The average molecular weight is 306 g/mol. The molecule has 3 heteroatoms. The fourth-order valence-corrected chi connectivity index (χ4v) is 2.45. The largest absolute Gasteiger partial charge is 0.376 e. The van der Waals surface area contributed by atoms with Crippen LogP contribution in [0.4, 0.5) is 0 Å². The Morgan fingerprint density at radius 3 is 2.44 bits per heavy atom. The summed E-state index contributed by atoms with van der Waals surface area (Å²) < 4.78 is 6.68.